The third kappa shape index (κ3) is 4.44. The van der Waals surface area contributed by atoms with Crippen molar-refractivity contribution >= 4 is 17.9 Å². The number of allylic oxidation sites excluding steroid dienone is 2. The Kier molecular flexibility index (Phi) is 7.13. The van der Waals surface area contributed by atoms with Crippen LogP contribution in [-0.2, 0) is 14.3 Å². The van der Waals surface area contributed by atoms with Gasteiger partial charge in [-0.25, -0.2) is 0 Å². The van der Waals surface area contributed by atoms with Crippen LogP contribution < -0.4 is 0 Å². The molecule has 0 aromatic heterocycles. The molecule has 1 aromatic carbocycles. The van der Waals surface area contributed by atoms with Crippen LogP contribution in [0.4, 0.5) is 0 Å². The second-order valence-corrected chi connectivity index (χ2v) is 11.5. The van der Waals surface area contributed by atoms with Gasteiger partial charge in [0, 0.05) is 12.0 Å². The normalized spacial score (nSPS) is 29.2. The van der Waals surface area contributed by atoms with Gasteiger partial charge >= 0.3 is 0 Å². The summed E-state index contributed by atoms with van der Waals surface area (Å²) in [6.07, 6.45) is 11.1. The van der Waals surface area contributed by atoms with Gasteiger partial charge in [0.15, 0.2) is 0 Å². The van der Waals surface area contributed by atoms with E-state index < -0.39 is 0 Å². The molecule has 3 fully saturated rings. The Labute approximate surface area is 215 Å². The summed E-state index contributed by atoms with van der Waals surface area (Å²) in [7, 11) is 0. The zero-order chi connectivity index (χ0) is 25.6. The topological polar surface area (TPSA) is 66.8 Å². The Morgan fingerprint density at radius 3 is 2.42 bits per heavy atom. The summed E-state index contributed by atoms with van der Waals surface area (Å²) in [4.78, 5) is 28.7. The van der Waals surface area contributed by atoms with Crippen LogP contribution in [0, 0.1) is 31.6 Å². The van der Waals surface area contributed by atoms with Gasteiger partial charge in [-0.15, -0.1) is 0 Å². The van der Waals surface area contributed by atoms with E-state index in [1.54, 1.807) is 4.90 Å². The maximum absolute atomic E-state index is 13.6. The van der Waals surface area contributed by atoms with Crippen LogP contribution in [0.3, 0.4) is 0 Å². The fraction of sp³-hybridized carbons (Fsp3) is 0.613. The van der Waals surface area contributed by atoms with Crippen LogP contribution in [0.2, 0.25) is 0 Å². The van der Waals surface area contributed by atoms with Crippen molar-refractivity contribution in [3.63, 3.8) is 0 Å². The lowest BCUT2D eigenvalue weighted by Crippen LogP contribution is -2.42. The molecule has 1 N–H and O–H groups in total. The number of carbonyl (C=O) groups excluding carboxylic acids is 2. The molecule has 1 aromatic rings. The average molecular weight is 492 g/mol. The van der Waals surface area contributed by atoms with Gasteiger partial charge in [-0.05, 0) is 93.7 Å². The summed E-state index contributed by atoms with van der Waals surface area (Å²) in [6, 6.07) is 4.18. The minimum atomic E-state index is -0.229. The molecular weight excluding hydrogens is 450 g/mol. The number of hydrogen-bond donors (Lipinski definition) is 1. The van der Waals surface area contributed by atoms with E-state index in [2.05, 4.69) is 19.9 Å². The molecule has 194 valence electrons. The van der Waals surface area contributed by atoms with Gasteiger partial charge in [-0.2, -0.15) is 0 Å². The maximum atomic E-state index is 13.6. The third-order valence-corrected chi connectivity index (χ3v) is 9.19. The minimum absolute atomic E-state index is 0.0285. The number of hydrogen-bond acceptors (Lipinski definition) is 4. The molecular formula is C31H41NO4. The SMILES string of the molecule is CC/C(=C\c1cc(C)c(O)c(C)c1)CC[C@H]1OC[C@H]2C1=C(C)C[C@H]1C(=O)N(C3CCCCC3)C(=O)[C@H]12. The van der Waals surface area contributed by atoms with E-state index in [0.717, 1.165) is 61.6 Å². The molecule has 0 bridgehead atoms. The van der Waals surface area contributed by atoms with Gasteiger partial charge < -0.3 is 9.84 Å². The van der Waals surface area contributed by atoms with Gasteiger partial charge in [0.1, 0.15) is 5.75 Å². The van der Waals surface area contributed by atoms with Crippen LogP contribution in [0.25, 0.3) is 6.08 Å². The van der Waals surface area contributed by atoms with Gasteiger partial charge in [0.2, 0.25) is 11.8 Å². The minimum Gasteiger partial charge on any atom is -0.507 e. The summed E-state index contributed by atoms with van der Waals surface area (Å²) in [5.41, 5.74) is 6.84. The molecule has 0 unspecified atom stereocenters. The Hall–Kier alpha value is -2.40. The van der Waals surface area contributed by atoms with Crippen LogP contribution in [0.15, 0.2) is 28.9 Å². The number of imide groups is 1. The summed E-state index contributed by atoms with van der Waals surface area (Å²) >= 11 is 0. The molecule has 2 aliphatic carbocycles. The highest BCUT2D eigenvalue weighted by molar-refractivity contribution is 6.06. The Bertz CT molecular complexity index is 1090. The number of nitrogens with zero attached hydrogens (tertiary/aromatic N) is 1. The summed E-state index contributed by atoms with van der Waals surface area (Å²) in [5, 5.41) is 10.1. The van der Waals surface area contributed by atoms with Crippen molar-refractivity contribution in [3.05, 3.63) is 45.5 Å². The Morgan fingerprint density at radius 1 is 1.06 bits per heavy atom. The molecule has 2 heterocycles. The Morgan fingerprint density at radius 2 is 1.75 bits per heavy atom. The number of aryl methyl sites for hydroxylation is 2. The van der Waals surface area contributed by atoms with Crippen LogP contribution >= 0.6 is 0 Å². The second-order valence-electron chi connectivity index (χ2n) is 11.5. The number of phenols is 1. The molecule has 2 saturated heterocycles. The first-order valence-electron chi connectivity index (χ1n) is 14.0. The van der Waals surface area contributed by atoms with E-state index >= 15 is 0 Å². The molecule has 5 nitrogen and oxygen atoms in total. The van der Waals surface area contributed by atoms with Gasteiger partial charge in [0.25, 0.3) is 0 Å². The molecule has 4 atom stereocenters. The van der Waals surface area contributed by atoms with Crippen molar-refractivity contribution in [2.24, 2.45) is 17.8 Å². The fourth-order valence-corrected chi connectivity index (χ4v) is 7.33. The molecule has 4 aliphatic rings. The molecule has 2 aliphatic heterocycles. The van der Waals surface area contributed by atoms with Crippen molar-refractivity contribution in [3.8, 4) is 5.75 Å². The molecule has 5 rings (SSSR count). The van der Waals surface area contributed by atoms with Crippen molar-refractivity contribution in [1.82, 2.24) is 4.90 Å². The zero-order valence-electron chi connectivity index (χ0n) is 22.3. The molecule has 36 heavy (non-hydrogen) atoms. The van der Waals surface area contributed by atoms with Crippen molar-refractivity contribution < 1.29 is 19.4 Å². The second kappa shape index (κ2) is 10.2. The standard InChI is InChI=1S/C31H41NO4/c1-5-21(16-22-13-19(3)29(33)20(4)14-22)11-12-26-27-18(2)15-24-28(25(27)17-36-26)31(35)32(30(24)34)23-9-7-6-8-10-23/h13-14,16,23-26,28,33H,5-12,15,17H2,1-4H3/b21-16+/t24-,25+,26-,28-/m1/s1. The number of rotatable bonds is 6. The quantitative estimate of drug-likeness (QED) is 0.377. The summed E-state index contributed by atoms with van der Waals surface area (Å²) in [5.74, 6) is 0.151. The van der Waals surface area contributed by atoms with Crippen molar-refractivity contribution in [2.45, 2.75) is 97.6 Å². The lowest BCUT2D eigenvalue weighted by atomic mass is 9.70. The van der Waals surface area contributed by atoms with Gasteiger partial charge in [0.05, 0.1) is 24.5 Å². The van der Waals surface area contributed by atoms with E-state index in [1.165, 1.54) is 23.1 Å². The van der Waals surface area contributed by atoms with Crippen LogP contribution in [0.1, 0.15) is 88.3 Å². The summed E-state index contributed by atoms with van der Waals surface area (Å²) in [6.45, 7) is 8.77. The zero-order valence-corrected chi connectivity index (χ0v) is 22.3. The predicted molar refractivity (Wildman–Crippen MR) is 141 cm³/mol. The van der Waals surface area contributed by atoms with E-state index in [-0.39, 0.29) is 41.7 Å². The molecule has 2 amide bonds. The monoisotopic (exact) mass is 491 g/mol. The highest BCUT2D eigenvalue weighted by atomic mass is 16.5. The lowest BCUT2D eigenvalue weighted by Gasteiger charge is -2.31. The number of likely N-dealkylation sites (tertiary alicyclic amines) is 1. The number of benzene rings is 1. The molecule has 5 heteroatoms. The first-order chi connectivity index (χ1) is 17.3. The maximum Gasteiger partial charge on any atom is 0.234 e. The van der Waals surface area contributed by atoms with Crippen molar-refractivity contribution in [2.75, 3.05) is 6.61 Å². The first-order valence-corrected chi connectivity index (χ1v) is 14.0. The third-order valence-electron chi connectivity index (χ3n) is 9.19. The number of phenolic OH excluding ortho intramolecular Hbond substituents is 1. The van der Waals surface area contributed by atoms with Crippen LogP contribution in [-0.4, -0.2) is 40.6 Å². The van der Waals surface area contributed by atoms with Crippen LogP contribution in [0.5, 0.6) is 5.75 Å². The first kappa shape index (κ1) is 25.3. The van der Waals surface area contributed by atoms with Gasteiger partial charge in [-0.3, -0.25) is 14.5 Å². The molecule has 0 radical (unpaired) electrons. The smallest absolute Gasteiger partial charge is 0.234 e. The average Bonchev–Trinajstić information content (AvgIpc) is 3.39. The lowest BCUT2D eigenvalue weighted by molar-refractivity contribution is -0.143. The number of aromatic hydroxyl groups is 1. The number of amides is 2. The number of fused-ring (bicyclic) bond motifs is 3. The Balaban J connectivity index is 1.31. The van der Waals surface area contributed by atoms with E-state index in [9.17, 15) is 14.7 Å². The van der Waals surface area contributed by atoms with Crippen molar-refractivity contribution in [1.29, 1.82) is 0 Å². The van der Waals surface area contributed by atoms with E-state index in [4.69, 9.17) is 4.74 Å². The highest BCUT2D eigenvalue weighted by Crippen LogP contribution is 2.50. The van der Waals surface area contributed by atoms with E-state index in [1.807, 2.05) is 26.0 Å². The fourth-order valence-electron chi connectivity index (χ4n) is 7.33. The number of carbonyl (C=O) groups is 2. The van der Waals surface area contributed by atoms with Gasteiger partial charge in [-0.1, -0.05) is 43.4 Å². The molecule has 0 spiro atoms. The summed E-state index contributed by atoms with van der Waals surface area (Å²) < 4.78 is 6.34. The molecule has 1 saturated carbocycles. The predicted octanol–water partition coefficient (Wildman–Crippen LogP) is 6.25. The number of ether oxygens (including phenoxy) is 1. The van der Waals surface area contributed by atoms with E-state index in [0.29, 0.717) is 18.8 Å². The highest BCUT2D eigenvalue weighted by Gasteiger charge is 2.57. The largest absolute Gasteiger partial charge is 0.507 e.